The predicted octanol–water partition coefficient (Wildman–Crippen LogP) is -0.854. The highest BCUT2D eigenvalue weighted by molar-refractivity contribution is 7.89. The maximum Gasteiger partial charge on any atom is 0.261 e. The molecule has 0 spiro atoms. The minimum absolute atomic E-state index is 0.0188. The summed E-state index contributed by atoms with van der Waals surface area (Å²) in [6.45, 7) is -0.755. The van der Waals surface area contributed by atoms with Gasteiger partial charge in [0.2, 0.25) is 10.0 Å². The van der Waals surface area contributed by atoms with Crippen LogP contribution in [0.4, 0.5) is 8.78 Å². The minimum Gasteiger partial charge on any atom is -0.374 e. The van der Waals surface area contributed by atoms with Gasteiger partial charge < -0.3 is 10.5 Å². The van der Waals surface area contributed by atoms with Crippen molar-refractivity contribution in [3.05, 3.63) is 0 Å². The number of alkyl halides is 2. The lowest BCUT2D eigenvalue weighted by Crippen LogP contribution is -2.32. The van der Waals surface area contributed by atoms with E-state index >= 15 is 0 Å². The summed E-state index contributed by atoms with van der Waals surface area (Å²) in [5.41, 5.74) is 5.04. The first-order valence-corrected chi connectivity index (χ1v) is 5.66. The van der Waals surface area contributed by atoms with Crippen molar-refractivity contribution in [2.75, 3.05) is 32.1 Å². The third kappa shape index (κ3) is 8.30. The topological polar surface area (TPSA) is 81.4 Å². The number of rotatable bonds is 8. The van der Waals surface area contributed by atoms with Crippen molar-refractivity contribution in [3.8, 4) is 0 Å². The van der Waals surface area contributed by atoms with Crippen molar-refractivity contribution in [3.63, 3.8) is 0 Å². The molecule has 0 aliphatic rings. The Hall–Kier alpha value is -0.310. The molecule has 0 saturated carbocycles. The smallest absolute Gasteiger partial charge is 0.261 e. The van der Waals surface area contributed by atoms with E-state index < -0.39 is 23.1 Å². The molecular weight excluding hydrogens is 218 g/mol. The van der Waals surface area contributed by atoms with Crippen LogP contribution in [0.15, 0.2) is 0 Å². The van der Waals surface area contributed by atoms with Crippen LogP contribution in [0.2, 0.25) is 0 Å². The zero-order valence-electron chi connectivity index (χ0n) is 7.58. The van der Waals surface area contributed by atoms with Gasteiger partial charge in [0.1, 0.15) is 6.61 Å². The summed E-state index contributed by atoms with van der Waals surface area (Å²) < 4.78 is 51.6. The fourth-order valence-corrected chi connectivity index (χ4v) is 1.52. The van der Waals surface area contributed by atoms with E-state index in [1.165, 1.54) is 0 Å². The first kappa shape index (κ1) is 13.7. The third-order valence-corrected chi connectivity index (χ3v) is 2.62. The lowest BCUT2D eigenvalue weighted by molar-refractivity contribution is 0.0199. The van der Waals surface area contributed by atoms with Crippen molar-refractivity contribution in [1.29, 1.82) is 0 Å². The van der Waals surface area contributed by atoms with Crippen LogP contribution in [-0.4, -0.2) is 46.9 Å². The molecule has 0 saturated heterocycles. The number of hydrogen-bond donors (Lipinski definition) is 2. The number of nitrogens with two attached hydrogens (primary N) is 1. The van der Waals surface area contributed by atoms with Gasteiger partial charge in [-0.15, -0.1) is 0 Å². The molecule has 0 aliphatic carbocycles. The molecule has 0 aromatic rings. The number of sulfonamides is 1. The molecule has 14 heavy (non-hydrogen) atoms. The average Bonchev–Trinajstić information content (AvgIpc) is 2.02. The molecule has 5 nitrogen and oxygen atoms in total. The molecule has 0 rings (SSSR count). The second-order valence-electron chi connectivity index (χ2n) is 2.47. The van der Waals surface area contributed by atoms with Gasteiger partial charge in [-0.2, -0.15) is 0 Å². The molecule has 0 radical (unpaired) electrons. The minimum atomic E-state index is -3.37. The monoisotopic (exact) mass is 232 g/mol. The lowest BCUT2D eigenvalue weighted by atomic mass is 10.7. The number of nitrogens with one attached hydrogen (secondary N) is 1. The van der Waals surface area contributed by atoms with Crippen molar-refractivity contribution in [2.45, 2.75) is 6.43 Å². The van der Waals surface area contributed by atoms with Gasteiger partial charge in [-0.1, -0.05) is 0 Å². The molecule has 0 bridgehead atoms. The van der Waals surface area contributed by atoms with Crippen LogP contribution in [0.25, 0.3) is 0 Å². The van der Waals surface area contributed by atoms with Crippen molar-refractivity contribution in [1.82, 2.24) is 4.72 Å². The van der Waals surface area contributed by atoms with E-state index in [1.54, 1.807) is 0 Å². The summed E-state index contributed by atoms with van der Waals surface area (Å²) in [5, 5.41) is 0. The molecule has 0 amide bonds. The Kier molecular flexibility index (Phi) is 6.89. The molecule has 86 valence electrons. The molecular formula is C6H14F2N2O3S. The van der Waals surface area contributed by atoms with Gasteiger partial charge in [-0.3, -0.25) is 0 Å². The molecule has 8 heteroatoms. The van der Waals surface area contributed by atoms with E-state index in [9.17, 15) is 17.2 Å². The molecule has 0 aromatic heterocycles. The highest BCUT2D eigenvalue weighted by Crippen LogP contribution is 1.91. The quantitative estimate of drug-likeness (QED) is 0.534. The second kappa shape index (κ2) is 7.04. The maximum atomic E-state index is 11.5. The normalized spacial score (nSPS) is 12.3. The lowest BCUT2D eigenvalue weighted by Gasteiger charge is -2.05. The van der Waals surface area contributed by atoms with Gasteiger partial charge in [0.25, 0.3) is 6.43 Å². The van der Waals surface area contributed by atoms with E-state index in [0.717, 1.165) is 0 Å². The summed E-state index contributed by atoms with van der Waals surface area (Å²) in [6, 6.07) is 0. The predicted molar refractivity (Wildman–Crippen MR) is 47.7 cm³/mol. The molecule has 0 aliphatic heterocycles. The Balaban J connectivity index is 3.45. The molecule has 0 heterocycles. The molecule has 0 aromatic carbocycles. The van der Waals surface area contributed by atoms with Crippen molar-refractivity contribution < 1.29 is 21.9 Å². The van der Waals surface area contributed by atoms with Gasteiger partial charge in [-0.05, 0) is 0 Å². The van der Waals surface area contributed by atoms with Crippen LogP contribution >= 0.6 is 0 Å². The Bertz CT molecular complexity index is 233. The van der Waals surface area contributed by atoms with Crippen LogP contribution in [0.1, 0.15) is 0 Å². The first-order chi connectivity index (χ1) is 6.48. The Labute approximate surface area is 81.7 Å². The fourth-order valence-electron chi connectivity index (χ4n) is 0.669. The van der Waals surface area contributed by atoms with Crippen LogP contribution in [0.3, 0.4) is 0 Å². The van der Waals surface area contributed by atoms with Crippen molar-refractivity contribution in [2.24, 2.45) is 5.73 Å². The highest BCUT2D eigenvalue weighted by Gasteiger charge is 2.07. The molecule has 0 fully saturated rings. The van der Waals surface area contributed by atoms with Gasteiger partial charge in [-0.25, -0.2) is 21.9 Å². The highest BCUT2D eigenvalue weighted by atomic mass is 32.2. The van der Waals surface area contributed by atoms with E-state index in [2.05, 4.69) is 9.46 Å². The third-order valence-electron chi connectivity index (χ3n) is 1.20. The summed E-state index contributed by atoms with van der Waals surface area (Å²) in [5.74, 6) is -0.179. The number of ether oxygens (including phenoxy) is 1. The van der Waals surface area contributed by atoms with E-state index in [1.807, 2.05) is 0 Å². The van der Waals surface area contributed by atoms with E-state index in [4.69, 9.17) is 5.73 Å². The largest absolute Gasteiger partial charge is 0.374 e. The first-order valence-electron chi connectivity index (χ1n) is 4.01. The summed E-state index contributed by atoms with van der Waals surface area (Å²) in [6.07, 6.45) is -2.53. The average molecular weight is 232 g/mol. The SMILES string of the molecule is NCCS(=O)(=O)NCCOCC(F)F. The summed E-state index contributed by atoms with van der Waals surface area (Å²) >= 11 is 0. The van der Waals surface area contributed by atoms with E-state index in [-0.39, 0.29) is 25.4 Å². The van der Waals surface area contributed by atoms with Gasteiger partial charge in [0.05, 0.1) is 12.4 Å². The molecule has 3 N–H and O–H groups in total. The Morgan fingerprint density at radius 2 is 2.07 bits per heavy atom. The Morgan fingerprint density at radius 3 is 2.57 bits per heavy atom. The second-order valence-corrected chi connectivity index (χ2v) is 4.39. The van der Waals surface area contributed by atoms with Crippen LogP contribution < -0.4 is 10.5 Å². The van der Waals surface area contributed by atoms with Gasteiger partial charge in [0, 0.05) is 13.1 Å². The number of hydrogen-bond acceptors (Lipinski definition) is 4. The zero-order valence-corrected chi connectivity index (χ0v) is 8.40. The van der Waals surface area contributed by atoms with Crippen molar-refractivity contribution >= 4 is 10.0 Å². The summed E-state index contributed by atoms with van der Waals surface area (Å²) in [4.78, 5) is 0. The van der Waals surface area contributed by atoms with Crippen LogP contribution in [0.5, 0.6) is 0 Å². The van der Waals surface area contributed by atoms with Gasteiger partial charge in [0.15, 0.2) is 0 Å². The van der Waals surface area contributed by atoms with Crippen LogP contribution in [-0.2, 0) is 14.8 Å². The van der Waals surface area contributed by atoms with Gasteiger partial charge >= 0.3 is 0 Å². The maximum absolute atomic E-state index is 11.5. The Morgan fingerprint density at radius 1 is 1.43 bits per heavy atom. The number of halogens is 2. The molecule has 0 unspecified atom stereocenters. The fraction of sp³-hybridized carbons (Fsp3) is 1.00. The standard InChI is InChI=1S/C6H14F2N2O3S/c7-6(8)5-13-3-2-10-14(11,12)4-1-9/h6,10H,1-5,9H2. The zero-order chi connectivity index (χ0) is 11.0. The van der Waals surface area contributed by atoms with Crippen LogP contribution in [0, 0.1) is 0 Å². The molecule has 0 atom stereocenters. The summed E-state index contributed by atoms with van der Waals surface area (Å²) in [7, 11) is -3.37. The van der Waals surface area contributed by atoms with E-state index in [0.29, 0.717) is 0 Å².